The Morgan fingerprint density at radius 1 is 1.47 bits per heavy atom. The number of hydrogen-bond donors (Lipinski definition) is 1. The van der Waals surface area contributed by atoms with Crippen LogP contribution in [0, 0.1) is 5.92 Å². The molecule has 4 heteroatoms. The molecule has 1 N–H and O–H groups in total. The lowest BCUT2D eigenvalue weighted by atomic mass is 10.1. The van der Waals surface area contributed by atoms with Crippen LogP contribution in [0.5, 0.6) is 0 Å². The van der Waals surface area contributed by atoms with Crippen molar-refractivity contribution in [3.05, 3.63) is 16.1 Å². The molecule has 17 heavy (non-hydrogen) atoms. The van der Waals surface area contributed by atoms with Gasteiger partial charge in [0, 0.05) is 18.5 Å². The van der Waals surface area contributed by atoms with Gasteiger partial charge in [-0.1, -0.05) is 13.8 Å². The number of nitrogens with one attached hydrogen (secondary N) is 1. The Labute approximate surface area is 109 Å². The minimum Gasteiger partial charge on any atom is -0.369 e. The van der Waals surface area contributed by atoms with Crippen LogP contribution >= 0.6 is 11.3 Å². The zero-order valence-electron chi connectivity index (χ0n) is 11.5. The molecule has 0 aliphatic rings. The molecule has 0 saturated heterocycles. The van der Waals surface area contributed by atoms with Gasteiger partial charge in [0.05, 0.1) is 5.69 Å². The maximum absolute atomic E-state index is 5.70. The van der Waals surface area contributed by atoms with E-state index in [4.69, 9.17) is 4.74 Å². The number of thiazole rings is 1. The van der Waals surface area contributed by atoms with Crippen molar-refractivity contribution >= 4 is 11.3 Å². The van der Waals surface area contributed by atoms with E-state index in [2.05, 4.69) is 43.4 Å². The summed E-state index contributed by atoms with van der Waals surface area (Å²) in [6.45, 7) is 13.2. The minimum atomic E-state index is -0.268. The minimum absolute atomic E-state index is 0.268. The Balaban J connectivity index is 2.53. The van der Waals surface area contributed by atoms with E-state index in [-0.39, 0.29) is 5.60 Å². The molecule has 0 aromatic carbocycles. The van der Waals surface area contributed by atoms with Crippen molar-refractivity contribution in [2.24, 2.45) is 5.92 Å². The summed E-state index contributed by atoms with van der Waals surface area (Å²) in [4.78, 5) is 4.63. The van der Waals surface area contributed by atoms with Crippen molar-refractivity contribution < 1.29 is 4.74 Å². The fraction of sp³-hybridized carbons (Fsp3) is 0.769. The van der Waals surface area contributed by atoms with Crippen LogP contribution in [0.4, 0.5) is 0 Å². The molecule has 3 nitrogen and oxygen atoms in total. The SMILES string of the molecule is CCOC(C)(C)c1nc(CNCC(C)C)cs1. The fourth-order valence-corrected chi connectivity index (χ4v) is 2.47. The van der Waals surface area contributed by atoms with Gasteiger partial charge in [-0.05, 0) is 33.2 Å². The summed E-state index contributed by atoms with van der Waals surface area (Å²) in [5.41, 5.74) is 0.842. The van der Waals surface area contributed by atoms with Crippen LogP contribution in [0.2, 0.25) is 0 Å². The highest BCUT2D eigenvalue weighted by atomic mass is 32.1. The van der Waals surface area contributed by atoms with Crippen molar-refractivity contribution in [3.8, 4) is 0 Å². The van der Waals surface area contributed by atoms with E-state index in [1.807, 2.05) is 6.92 Å². The van der Waals surface area contributed by atoms with E-state index < -0.39 is 0 Å². The zero-order valence-corrected chi connectivity index (χ0v) is 12.4. The predicted octanol–water partition coefficient (Wildman–Crippen LogP) is 3.16. The topological polar surface area (TPSA) is 34.1 Å². The summed E-state index contributed by atoms with van der Waals surface area (Å²) in [7, 11) is 0. The molecular weight excluding hydrogens is 232 g/mol. The van der Waals surface area contributed by atoms with E-state index in [1.165, 1.54) is 0 Å². The average Bonchev–Trinajstić information content (AvgIpc) is 2.66. The first kappa shape index (κ1) is 14.6. The molecule has 98 valence electrons. The zero-order chi connectivity index (χ0) is 12.9. The predicted molar refractivity (Wildman–Crippen MR) is 73.3 cm³/mol. The normalized spacial score (nSPS) is 12.4. The third-order valence-corrected chi connectivity index (χ3v) is 3.63. The van der Waals surface area contributed by atoms with E-state index >= 15 is 0 Å². The maximum Gasteiger partial charge on any atom is 0.124 e. The van der Waals surface area contributed by atoms with Gasteiger partial charge >= 0.3 is 0 Å². The van der Waals surface area contributed by atoms with Gasteiger partial charge in [-0.2, -0.15) is 0 Å². The highest BCUT2D eigenvalue weighted by molar-refractivity contribution is 7.09. The fourth-order valence-electron chi connectivity index (χ4n) is 1.58. The van der Waals surface area contributed by atoms with Gasteiger partial charge in [0.15, 0.2) is 0 Å². The lowest BCUT2D eigenvalue weighted by Crippen LogP contribution is -2.22. The van der Waals surface area contributed by atoms with Crippen molar-refractivity contribution in [2.45, 2.75) is 46.8 Å². The Morgan fingerprint density at radius 2 is 2.18 bits per heavy atom. The van der Waals surface area contributed by atoms with Gasteiger partial charge in [-0.15, -0.1) is 11.3 Å². The monoisotopic (exact) mass is 256 g/mol. The molecule has 0 fully saturated rings. The Kier molecular flexibility index (Phi) is 5.56. The molecule has 0 unspecified atom stereocenters. The molecule has 0 radical (unpaired) electrons. The first-order valence-corrected chi connectivity index (χ1v) is 7.13. The first-order chi connectivity index (χ1) is 7.95. The second-order valence-corrected chi connectivity index (χ2v) is 5.97. The van der Waals surface area contributed by atoms with Crippen molar-refractivity contribution in [1.29, 1.82) is 0 Å². The molecule has 1 aromatic rings. The third-order valence-electron chi connectivity index (χ3n) is 2.43. The highest BCUT2D eigenvalue weighted by Gasteiger charge is 2.24. The Bertz CT molecular complexity index is 334. The number of hydrogen-bond acceptors (Lipinski definition) is 4. The van der Waals surface area contributed by atoms with Crippen LogP contribution in [0.15, 0.2) is 5.38 Å². The van der Waals surface area contributed by atoms with Gasteiger partial charge in [-0.3, -0.25) is 0 Å². The summed E-state index contributed by atoms with van der Waals surface area (Å²) >= 11 is 1.68. The average molecular weight is 256 g/mol. The molecular formula is C13H24N2OS. The molecule has 0 atom stereocenters. The quantitative estimate of drug-likeness (QED) is 0.813. The lowest BCUT2D eigenvalue weighted by molar-refractivity contribution is -0.0142. The van der Waals surface area contributed by atoms with E-state index in [0.717, 1.165) is 23.8 Å². The number of rotatable bonds is 7. The van der Waals surface area contributed by atoms with E-state index in [9.17, 15) is 0 Å². The molecule has 1 aromatic heterocycles. The Morgan fingerprint density at radius 3 is 2.76 bits per heavy atom. The van der Waals surface area contributed by atoms with Gasteiger partial charge in [0.1, 0.15) is 10.6 Å². The number of ether oxygens (including phenoxy) is 1. The molecule has 0 aliphatic heterocycles. The maximum atomic E-state index is 5.70. The summed E-state index contributed by atoms with van der Waals surface area (Å²) in [5, 5.41) is 6.57. The number of nitrogens with zero attached hydrogens (tertiary/aromatic N) is 1. The largest absolute Gasteiger partial charge is 0.369 e. The lowest BCUT2D eigenvalue weighted by Gasteiger charge is -2.21. The molecule has 0 spiro atoms. The molecule has 0 amide bonds. The molecule has 0 aliphatic carbocycles. The van der Waals surface area contributed by atoms with Gasteiger partial charge < -0.3 is 10.1 Å². The standard InChI is InChI=1S/C13H24N2OS/c1-6-16-13(4,5)12-15-11(9-17-12)8-14-7-10(2)3/h9-10,14H,6-8H2,1-5H3. The molecule has 0 bridgehead atoms. The van der Waals surface area contributed by atoms with Gasteiger partial charge in [0.2, 0.25) is 0 Å². The number of aromatic nitrogens is 1. The second-order valence-electron chi connectivity index (χ2n) is 5.11. The van der Waals surface area contributed by atoms with Crippen LogP contribution in [0.25, 0.3) is 0 Å². The first-order valence-electron chi connectivity index (χ1n) is 6.25. The van der Waals surface area contributed by atoms with E-state index in [1.54, 1.807) is 11.3 Å². The van der Waals surface area contributed by atoms with Crippen LogP contribution in [-0.4, -0.2) is 18.1 Å². The summed E-state index contributed by atoms with van der Waals surface area (Å²) in [6.07, 6.45) is 0. The van der Waals surface area contributed by atoms with Crippen molar-refractivity contribution in [1.82, 2.24) is 10.3 Å². The van der Waals surface area contributed by atoms with Crippen molar-refractivity contribution in [3.63, 3.8) is 0 Å². The van der Waals surface area contributed by atoms with Crippen LogP contribution < -0.4 is 5.32 Å². The van der Waals surface area contributed by atoms with Crippen molar-refractivity contribution in [2.75, 3.05) is 13.2 Å². The van der Waals surface area contributed by atoms with Crippen LogP contribution in [-0.2, 0) is 16.9 Å². The van der Waals surface area contributed by atoms with Gasteiger partial charge in [-0.25, -0.2) is 4.98 Å². The highest BCUT2D eigenvalue weighted by Crippen LogP contribution is 2.27. The summed E-state index contributed by atoms with van der Waals surface area (Å²) in [6, 6.07) is 0. The Hall–Kier alpha value is -0.450. The third kappa shape index (κ3) is 4.74. The van der Waals surface area contributed by atoms with E-state index in [0.29, 0.717) is 12.5 Å². The van der Waals surface area contributed by atoms with Gasteiger partial charge in [0.25, 0.3) is 0 Å². The molecule has 1 rings (SSSR count). The van der Waals surface area contributed by atoms with Crippen LogP contribution in [0.3, 0.4) is 0 Å². The van der Waals surface area contributed by atoms with Crippen LogP contribution in [0.1, 0.15) is 45.3 Å². The second kappa shape index (κ2) is 6.47. The summed E-state index contributed by atoms with van der Waals surface area (Å²) < 4.78 is 5.70. The molecule has 0 saturated carbocycles. The molecule has 1 heterocycles. The smallest absolute Gasteiger partial charge is 0.124 e. The summed E-state index contributed by atoms with van der Waals surface area (Å²) in [5.74, 6) is 0.674.